The fourth-order valence-electron chi connectivity index (χ4n) is 1.29. The number of ether oxygens (including phenoxy) is 1. The molecule has 0 aromatic heterocycles. The van der Waals surface area contributed by atoms with Crippen molar-refractivity contribution >= 4 is 25.9 Å². The highest BCUT2D eigenvalue weighted by Crippen LogP contribution is 2.32. The Kier molecular flexibility index (Phi) is 4.77. The molecule has 0 bridgehead atoms. The van der Waals surface area contributed by atoms with E-state index < -0.39 is 42.1 Å². The quantitative estimate of drug-likeness (QED) is 0.449. The van der Waals surface area contributed by atoms with E-state index in [-0.39, 0.29) is 5.56 Å². The van der Waals surface area contributed by atoms with Crippen LogP contribution in [0.15, 0.2) is 23.1 Å². The molecule has 0 saturated carbocycles. The summed E-state index contributed by atoms with van der Waals surface area (Å²) in [5.74, 6) is -2.17. The van der Waals surface area contributed by atoms with Gasteiger partial charge >= 0.3 is 21.6 Å². The number of esters is 1. The number of alkyl halides is 3. The van der Waals surface area contributed by atoms with Crippen molar-refractivity contribution in [2.75, 3.05) is 13.4 Å². The van der Waals surface area contributed by atoms with E-state index in [1.807, 2.05) is 0 Å². The van der Waals surface area contributed by atoms with Gasteiger partial charge in [-0.15, -0.1) is 0 Å². The zero-order valence-corrected chi connectivity index (χ0v) is 12.7. The van der Waals surface area contributed by atoms with Crippen LogP contribution in [0.2, 0.25) is 0 Å². The van der Waals surface area contributed by atoms with E-state index in [1.54, 1.807) is 0 Å². The Morgan fingerprint density at radius 2 is 1.68 bits per heavy atom. The van der Waals surface area contributed by atoms with Crippen LogP contribution in [0.4, 0.5) is 13.2 Å². The molecule has 0 N–H and O–H groups in total. The molecule has 0 saturated heterocycles. The van der Waals surface area contributed by atoms with Crippen LogP contribution in [0, 0.1) is 0 Å². The van der Waals surface area contributed by atoms with Gasteiger partial charge in [-0.1, -0.05) is 0 Å². The summed E-state index contributed by atoms with van der Waals surface area (Å²) in [7, 11) is -9.24. The van der Waals surface area contributed by atoms with Gasteiger partial charge in [0.15, 0.2) is 15.6 Å². The summed E-state index contributed by atoms with van der Waals surface area (Å²) in [5.41, 5.74) is -6.15. The first-order chi connectivity index (χ1) is 9.79. The van der Waals surface area contributed by atoms with Crippen molar-refractivity contribution < 1.29 is 43.7 Å². The van der Waals surface area contributed by atoms with E-state index in [0.29, 0.717) is 12.3 Å². The summed E-state index contributed by atoms with van der Waals surface area (Å²) in [6.45, 7) is 0. The summed E-state index contributed by atoms with van der Waals surface area (Å²) in [6.07, 6.45) is 0.632. The summed E-state index contributed by atoms with van der Waals surface area (Å²) in [4.78, 5) is 10.5. The first-order valence-corrected chi connectivity index (χ1v) is 8.53. The predicted octanol–water partition coefficient (Wildman–Crippen LogP) is 1.11. The molecular formula is C10H9F3O7S2. The summed E-state index contributed by atoms with van der Waals surface area (Å²) >= 11 is 0. The van der Waals surface area contributed by atoms with E-state index >= 15 is 0 Å². The highest BCUT2D eigenvalue weighted by atomic mass is 32.2. The number of hydrogen-bond donors (Lipinski definition) is 0. The lowest BCUT2D eigenvalue weighted by molar-refractivity contribution is -0.0500. The maximum absolute atomic E-state index is 12.3. The molecule has 0 spiro atoms. The van der Waals surface area contributed by atoms with Crippen molar-refractivity contribution in [1.82, 2.24) is 0 Å². The van der Waals surface area contributed by atoms with Crippen molar-refractivity contribution in [2.45, 2.75) is 10.4 Å². The number of hydrogen-bond acceptors (Lipinski definition) is 7. The minimum Gasteiger partial charge on any atom is -0.465 e. The standard InChI is InChI=1S/C10H9F3O7S2/c1-19-9(14)6-3-4-8(21(2,15)16)7(5-6)20-22(17,18)10(11,12)13/h3-5H,1-2H3. The molecule has 22 heavy (non-hydrogen) atoms. The van der Waals surface area contributed by atoms with Crippen LogP contribution in [0.25, 0.3) is 0 Å². The molecule has 0 unspecified atom stereocenters. The molecule has 124 valence electrons. The van der Waals surface area contributed by atoms with Gasteiger partial charge in [0.25, 0.3) is 0 Å². The predicted molar refractivity (Wildman–Crippen MR) is 66.5 cm³/mol. The molecule has 0 aliphatic heterocycles. The maximum Gasteiger partial charge on any atom is 0.534 e. The molecular weight excluding hydrogens is 353 g/mol. The van der Waals surface area contributed by atoms with Gasteiger partial charge in [-0.2, -0.15) is 21.6 Å². The van der Waals surface area contributed by atoms with Gasteiger partial charge in [0.2, 0.25) is 0 Å². The zero-order chi connectivity index (χ0) is 17.3. The number of carbonyl (C=O) groups excluding carboxylic acids is 1. The molecule has 1 aromatic rings. The third kappa shape index (κ3) is 3.88. The third-order valence-corrected chi connectivity index (χ3v) is 4.35. The maximum atomic E-state index is 12.3. The molecule has 1 aromatic carbocycles. The van der Waals surface area contributed by atoms with Crippen molar-refractivity contribution in [3.05, 3.63) is 23.8 Å². The normalized spacial score (nSPS) is 12.8. The Balaban J connectivity index is 3.52. The Bertz CT molecular complexity index is 794. The van der Waals surface area contributed by atoms with Gasteiger partial charge in [0, 0.05) is 6.26 Å². The van der Waals surface area contributed by atoms with Crippen LogP contribution in [0.5, 0.6) is 5.75 Å². The smallest absolute Gasteiger partial charge is 0.465 e. The molecule has 0 atom stereocenters. The molecule has 0 aliphatic rings. The van der Waals surface area contributed by atoms with Crippen molar-refractivity contribution in [3.63, 3.8) is 0 Å². The topological polar surface area (TPSA) is 104 Å². The van der Waals surface area contributed by atoms with E-state index in [4.69, 9.17) is 0 Å². The van der Waals surface area contributed by atoms with Crippen LogP contribution in [0.1, 0.15) is 10.4 Å². The lowest BCUT2D eigenvalue weighted by Gasteiger charge is -2.13. The Hall–Kier alpha value is -1.82. The molecule has 0 heterocycles. The van der Waals surface area contributed by atoms with Crippen LogP contribution in [-0.4, -0.2) is 41.7 Å². The highest BCUT2D eigenvalue weighted by molar-refractivity contribution is 7.91. The average molecular weight is 362 g/mol. The third-order valence-electron chi connectivity index (χ3n) is 2.25. The van der Waals surface area contributed by atoms with Crippen LogP contribution < -0.4 is 4.18 Å². The average Bonchev–Trinajstić information content (AvgIpc) is 2.34. The monoisotopic (exact) mass is 362 g/mol. The SMILES string of the molecule is COC(=O)c1ccc(S(C)(=O)=O)c(OS(=O)(=O)C(F)(F)F)c1. The fraction of sp³-hybridized carbons (Fsp3) is 0.300. The number of carbonyl (C=O) groups is 1. The van der Waals surface area contributed by atoms with Crippen molar-refractivity contribution in [2.24, 2.45) is 0 Å². The number of halogens is 3. The van der Waals surface area contributed by atoms with Gasteiger partial charge in [0.1, 0.15) is 4.90 Å². The lowest BCUT2D eigenvalue weighted by atomic mass is 10.2. The Labute approximate surface area is 123 Å². The second-order valence-corrected chi connectivity index (χ2v) is 7.43. The van der Waals surface area contributed by atoms with Crippen LogP contribution in [0.3, 0.4) is 0 Å². The van der Waals surface area contributed by atoms with Gasteiger partial charge in [-0.05, 0) is 18.2 Å². The molecule has 12 heteroatoms. The first kappa shape index (κ1) is 18.2. The molecule has 7 nitrogen and oxygen atoms in total. The number of sulfone groups is 1. The summed E-state index contributed by atoms with van der Waals surface area (Å²) in [5, 5.41) is 0. The molecule has 0 amide bonds. The van der Waals surface area contributed by atoms with Gasteiger partial charge in [-0.3, -0.25) is 0 Å². The van der Waals surface area contributed by atoms with Gasteiger partial charge < -0.3 is 8.92 Å². The summed E-state index contributed by atoms with van der Waals surface area (Å²) < 4.78 is 90.0. The fourth-order valence-corrected chi connectivity index (χ4v) is 2.59. The van der Waals surface area contributed by atoms with E-state index in [2.05, 4.69) is 8.92 Å². The number of benzene rings is 1. The highest BCUT2D eigenvalue weighted by Gasteiger charge is 2.49. The number of rotatable bonds is 4. The molecule has 1 rings (SSSR count). The molecule has 0 fully saturated rings. The van der Waals surface area contributed by atoms with Gasteiger partial charge in [-0.25, -0.2) is 13.2 Å². The zero-order valence-electron chi connectivity index (χ0n) is 11.0. The van der Waals surface area contributed by atoms with E-state index in [9.17, 15) is 34.8 Å². The minimum absolute atomic E-state index is 0.387. The lowest BCUT2D eigenvalue weighted by Crippen LogP contribution is -2.28. The van der Waals surface area contributed by atoms with E-state index in [1.165, 1.54) is 0 Å². The Morgan fingerprint density at radius 3 is 2.09 bits per heavy atom. The van der Waals surface area contributed by atoms with E-state index in [0.717, 1.165) is 19.2 Å². The first-order valence-electron chi connectivity index (χ1n) is 5.23. The van der Waals surface area contributed by atoms with Crippen LogP contribution in [-0.2, 0) is 24.7 Å². The van der Waals surface area contributed by atoms with Crippen molar-refractivity contribution in [3.8, 4) is 5.75 Å². The second-order valence-electron chi connectivity index (χ2n) is 3.91. The largest absolute Gasteiger partial charge is 0.534 e. The number of methoxy groups -OCH3 is 1. The minimum atomic E-state index is -6.10. The molecule has 0 aliphatic carbocycles. The Morgan fingerprint density at radius 1 is 1.14 bits per heavy atom. The van der Waals surface area contributed by atoms with Gasteiger partial charge in [0.05, 0.1) is 12.7 Å². The summed E-state index contributed by atoms with van der Waals surface area (Å²) in [6, 6.07) is 2.21. The molecule has 0 radical (unpaired) electrons. The van der Waals surface area contributed by atoms with Crippen LogP contribution >= 0.6 is 0 Å². The second kappa shape index (κ2) is 5.76. The van der Waals surface area contributed by atoms with Crippen molar-refractivity contribution in [1.29, 1.82) is 0 Å².